The standard InChI is InChI=1S/C5H11NS/c1-2-3-4-6-5-7/h2,6-7H,1,3-5H2. The van der Waals surface area contributed by atoms with Gasteiger partial charge in [0.2, 0.25) is 0 Å². The minimum Gasteiger partial charge on any atom is -0.308 e. The first kappa shape index (κ1) is 7.05. The summed E-state index contributed by atoms with van der Waals surface area (Å²) in [6.07, 6.45) is 2.91. The molecule has 0 bridgehead atoms. The molecule has 0 aliphatic rings. The van der Waals surface area contributed by atoms with Gasteiger partial charge in [0.05, 0.1) is 0 Å². The van der Waals surface area contributed by atoms with Crippen molar-refractivity contribution in [2.24, 2.45) is 0 Å². The molecule has 0 radical (unpaired) electrons. The Balaban J connectivity index is 2.56. The minimum atomic E-state index is 0.758. The van der Waals surface area contributed by atoms with Gasteiger partial charge in [-0.3, -0.25) is 0 Å². The van der Waals surface area contributed by atoms with Crippen LogP contribution in [0, 0.1) is 0 Å². The van der Waals surface area contributed by atoms with Gasteiger partial charge in [-0.2, -0.15) is 12.6 Å². The number of nitrogens with one attached hydrogen (secondary N) is 1. The molecule has 0 rings (SSSR count). The molecule has 0 aromatic carbocycles. The highest BCUT2D eigenvalue weighted by Crippen LogP contribution is 1.74. The maximum absolute atomic E-state index is 3.95. The lowest BCUT2D eigenvalue weighted by Gasteiger charge is -1.92. The number of hydrogen-bond donors (Lipinski definition) is 2. The zero-order valence-corrected chi connectivity index (χ0v) is 5.25. The number of rotatable bonds is 4. The lowest BCUT2D eigenvalue weighted by molar-refractivity contribution is 0.792. The van der Waals surface area contributed by atoms with Crippen LogP contribution in [0.2, 0.25) is 0 Å². The van der Waals surface area contributed by atoms with Crippen LogP contribution in [0.5, 0.6) is 0 Å². The molecule has 0 aromatic rings. The SMILES string of the molecule is C=CCCNCS. The van der Waals surface area contributed by atoms with Crippen molar-refractivity contribution in [1.82, 2.24) is 5.32 Å². The Morgan fingerprint density at radius 1 is 1.71 bits per heavy atom. The van der Waals surface area contributed by atoms with Crippen molar-refractivity contribution in [3.05, 3.63) is 12.7 Å². The van der Waals surface area contributed by atoms with Crippen LogP contribution >= 0.6 is 12.6 Å². The van der Waals surface area contributed by atoms with Crippen LogP contribution in [-0.4, -0.2) is 12.4 Å². The van der Waals surface area contributed by atoms with E-state index in [0.29, 0.717) is 0 Å². The van der Waals surface area contributed by atoms with Crippen LogP contribution in [0.3, 0.4) is 0 Å². The summed E-state index contributed by atoms with van der Waals surface area (Å²) < 4.78 is 0. The van der Waals surface area contributed by atoms with Crippen LogP contribution in [-0.2, 0) is 0 Å². The van der Waals surface area contributed by atoms with E-state index in [0.717, 1.165) is 18.8 Å². The van der Waals surface area contributed by atoms with Gasteiger partial charge < -0.3 is 5.32 Å². The summed E-state index contributed by atoms with van der Waals surface area (Å²) in [5.41, 5.74) is 0. The smallest absolute Gasteiger partial charge is 0.0387 e. The summed E-state index contributed by atoms with van der Waals surface area (Å²) in [5, 5.41) is 3.04. The number of thiol groups is 1. The Labute approximate surface area is 50.2 Å². The second-order valence-electron chi connectivity index (χ2n) is 1.24. The van der Waals surface area contributed by atoms with E-state index in [1.54, 1.807) is 0 Å². The van der Waals surface area contributed by atoms with Gasteiger partial charge >= 0.3 is 0 Å². The third-order valence-corrected chi connectivity index (χ3v) is 0.861. The summed E-state index contributed by atoms with van der Waals surface area (Å²) in [4.78, 5) is 0. The van der Waals surface area contributed by atoms with E-state index < -0.39 is 0 Å². The molecule has 0 fully saturated rings. The van der Waals surface area contributed by atoms with Gasteiger partial charge in [-0.05, 0) is 13.0 Å². The fraction of sp³-hybridized carbons (Fsp3) is 0.600. The van der Waals surface area contributed by atoms with Crippen LogP contribution in [0.4, 0.5) is 0 Å². The molecule has 0 atom stereocenters. The molecule has 0 unspecified atom stereocenters. The van der Waals surface area contributed by atoms with Gasteiger partial charge in [0.1, 0.15) is 0 Å². The predicted molar refractivity (Wildman–Crippen MR) is 36.7 cm³/mol. The third-order valence-electron chi connectivity index (χ3n) is 0.637. The van der Waals surface area contributed by atoms with Crippen molar-refractivity contribution in [2.75, 3.05) is 12.4 Å². The molecule has 7 heavy (non-hydrogen) atoms. The van der Waals surface area contributed by atoms with E-state index in [4.69, 9.17) is 0 Å². The molecule has 2 heteroatoms. The van der Waals surface area contributed by atoms with Gasteiger partial charge in [0, 0.05) is 5.88 Å². The van der Waals surface area contributed by atoms with Gasteiger partial charge in [0.15, 0.2) is 0 Å². The van der Waals surface area contributed by atoms with Crippen molar-refractivity contribution in [3.8, 4) is 0 Å². The van der Waals surface area contributed by atoms with Crippen LogP contribution in [0.1, 0.15) is 6.42 Å². The average Bonchev–Trinajstić information content (AvgIpc) is 1.69. The lowest BCUT2D eigenvalue weighted by atomic mass is 10.4. The van der Waals surface area contributed by atoms with Gasteiger partial charge in [-0.1, -0.05) is 6.08 Å². The second-order valence-corrected chi connectivity index (χ2v) is 1.55. The van der Waals surface area contributed by atoms with E-state index in [1.165, 1.54) is 0 Å². The molecule has 0 aliphatic heterocycles. The Kier molecular flexibility index (Phi) is 6.09. The normalized spacial score (nSPS) is 8.71. The molecule has 0 saturated carbocycles. The molecule has 0 saturated heterocycles. The minimum absolute atomic E-state index is 0.758. The van der Waals surface area contributed by atoms with Gasteiger partial charge in [-0.15, -0.1) is 6.58 Å². The Morgan fingerprint density at radius 3 is 2.86 bits per heavy atom. The monoisotopic (exact) mass is 117 g/mol. The largest absolute Gasteiger partial charge is 0.308 e. The first-order valence-electron chi connectivity index (χ1n) is 2.34. The maximum Gasteiger partial charge on any atom is 0.0387 e. The predicted octanol–water partition coefficient (Wildman–Crippen LogP) is 1.04. The number of hydrogen-bond acceptors (Lipinski definition) is 2. The molecule has 0 aromatic heterocycles. The van der Waals surface area contributed by atoms with Crippen molar-refractivity contribution in [2.45, 2.75) is 6.42 Å². The van der Waals surface area contributed by atoms with Crippen molar-refractivity contribution >= 4 is 12.6 Å². The van der Waals surface area contributed by atoms with Crippen LogP contribution in [0.15, 0.2) is 12.7 Å². The molecular formula is C5H11NS. The van der Waals surface area contributed by atoms with E-state index in [2.05, 4.69) is 24.5 Å². The van der Waals surface area contributed by atoms with Crippen LogP contribution < -0.4 is 5.32 Å². The summed E-state index contributed by atoms with van der Waals surface area (Å²) in [6, 6.07) is 0. The van der Waals surface area contributed by atoms with Crippen molar-refractivity contribution in [1.29, 1.82) is 0 Å². The fourth-order valence-electron chi connectivity index (χ4n) is 0.283. The first-order chi connectivity index (χ1) is 3.41. The zero-order chi connectivity index (χ0) is 5.54. The van der Waals surface area contributed by atoms with Gasteiger partial charge in [-0.25, -0.2) is 0 Å². The maximum atomic E-state index is 3.95. The van der Waals surface area contributed by atoms with Crippen LogP contribution in [0.25, 0.3) is 0 Å². The second kappa shape index (κ2) is 6.05. The highest BCUT2D eigenvalue weighted by atomic mass is 32.1. The molecule has 0 spiro atoms. The van der Waals surface area contributed by atoms with E-state index in [-0.39, 0.29) is 0 Å². The zero-order valence-electron chi connectivity index (χ0n) is 4.35. The van der Waals surface area contributed by atoms with Crippen molar-refractivity contribution < 1.29 is 0 Å². The Hall–Kier alpha value is 0.0500. The molecule has 1 N–H and O–H groups in total. The first-order valence-corrected chi connectivity index (χ1v) is 2.97. The molecule has 1 nitrogen and oxygen atoms in total. The van der Waals surface area contributed by atoms with E-state index in [9.17, 15) is 0 Å². The molecule has 0 heterocycles. The summed E-state index contributed by atoms with van der Waals surface area (Å²) in [7, 11) is 0. The Bertz CT molecular complexity index is 45.3. The third kappa shape index (κ3) is 6.05. The van der Waals surface area contributed by atoms with E-state index in [1.807, 2.05) is 6.08 Å². The summed E-state index contributed by atoms with van der Waals surface area (Å²) >= 11 is 3.95. The molecular weight excluding hydrogens is 106 g/mol. The highest BCUT2D eigenvalue weighted by molar-refractivity contribution is 7.80. The topological polar surface area (TPSA) is 12.0 Å². The highest BCUT2D eigenvalue weighted by Gasteiger charge is 1.74. The summed E-state index contributed by atoms with van der Waals surface area (Å²) in [6.45, 7) is 4.56. The molecule has 0 amide bonds. The Morgan fingerprint density at radius 2 is 2.43 bits per heavy atom. The lowest BCUT2D eigenvalue weighted by Crippen LogP contribution is -2.11. The average molecular weight is 117 g/mol. The molecule has 0 aliphatic carbocycles. The molecule has 42 valence electrons. The van der Waals surface area contributed by atoms with Crippen molar-refractivity contribution in [3.63, 3.8) is 0 Å². The van der Waals surface area contributed by atoms with E-state index >= 15 is 0 Å². The van der Waals surface area contributed by atoms with Gasteiger partial charge in [0.25, 0.3) is 0 Å². The quantitative estimate of drug-likeness (QED) is 0.243. The summed E-state index contributed by atoms with van der Waals surface area (Å²) in [5.74, 6) is 0.758. The fourth-order valence-corrected chi connectivity index (χ4v) is 0.441.